The number of hydrogen-bond acceptors (Lipinski definition) is 4. The van der Waals surface area contributed by atoms with Crippen LogP contribution in [0.3, 0.4) is 0 Å². The van der Waals surface area contributed by atoms with E-state index in [1.165, 1.54) is 6.07 Å². The van der Waals surface area contributed by atoms with Gasteiger partial charge in [0.05, 0.1) is 10.8 Å². The predicted octanol–water partition coefficient (Wildman–Crippen LogP) is 3.50. The van der Waals surface area contributed by atoms with Gasteiger partial charge in [0, 0.05) is 40.7 Å². The van der Waals surface area contributed by atoms with Gasteiger partial charge in [-0.1, -0.05) is 36.4 Å². The summed E-state index contributed by atoms with van der Waals surface area (Å²) >= 11 is 0. The van der Waals surface area contributed by atoms with Gasteiger partial charge >= 0.3 is 0 Å². The van der Waals surface area contributed by atoms with Crippen LogP contribution in [-0.2, 0) is 7.05 Å². The smallest absolute Gasteiger partial charge is 0.273 e. The Hall–Kier alpha value is -3.22. The van der Waals surface area contributed by atoms with Gasteiger partial charge in [0.1, 0.15) is 0 Å². The molecule has 3 aromatic rings. The van der Waals surface area contributed by atoms with Crippen LogP contribution in [0.25, 0.3) is 10.9 Å². The Morgan fingerprint density at radius 2 is 1.67 bits per heavy atom. The summed E-state index contributed by atoms with van der Waals surface area (Å²) in [6.45, 7) is -0.404. The summed E-state index contributed by atoms with van der Waals surface area (Å²) in [5.74, 6) is -0.687. The lowest BCUT2D eigenvalue weighted by atomic mass is 9.90. The zero-order valence-electron chi connectivity index (χ0n) is 13.0. The maximum atomic E-state index is 11.3. The number of rotatable bonds is 5. The average molecular weight is 325 g/mol. The van der Waals surface area contributed by atoms with Gasteiger partial charge < -0.3 is 4.57 Å². The molecule has 24 heavy (non-hydrogen) atoms. The van der Waals surface area contributed by atoms with Gasteiger partial charge in [0.2, 0.25) is 6.54 Å². The molecule has 1 aromatic heterocycles. The van der Waals surface area contributed by atoms with Gasteiger partial charge in [-0.15, -0.1) is 0 Å². The number of nitro groups is 2. The first-order valence-electron chi connectivity index (χ1n) is 7.38. The third kappa shape index (κ3) is 2.71. The molecule has 0 spiro atoms. The molecule has 0 aliphatic heterocycles. The Morgan fingerprint density at radius 1 is 1.00 bits per heavy atom. The summed E-state index contributed by atoms with van der Waals surface area (Å²) in [5, 5.41) is 23.4. The molecule has 0 aliphatic rings. The molecule has 0 saturated heterocycles. The maximum absolute atomic E-state index is 11.3. The molecule has 3 rings (SSSR count). The molecule has 0 amide bonds. The molecule has 2 aromatic carbocycles. The van der Waals surface area contributed by atoms with Gasteiger partial charge in [-0.2, -0.15) is 0 Å². The van der Waals surface area contributed by atoms with E-state index in [0.717, 1.165) is 16.5 Å². The normalized spacial score (nSPS) is 12.2. The highest BCUT2D eigenvalue weighted by Gasteiger charge is 2.29. The lowest BCUT2D eigenvalue weighted by Gasteiger charge is -2.13. The van der Waals surface area contributed by atoms with Crippen LogP contribution >= 0.6 is 0 Å². The fourth-order valence-corrected chi connectivity index (χ4v) is 3.11. The Balaban J connectivity index is 2.24. The highest BCUT2D eigenvalue weighted by atomic mass is 16.6. The van der Waals surface area contributed by atoms with E-state index in [2.05, 4.69) is 0 Å². The topological polar surface area (TPSA) is 91.2 Å². The minimum Gasteiger partial charge on any atom is -0.350 e. The molecule has 0 bridgehead atoms. The number of aromatic nitrogens is 1. The van der Waals surface area contributed by atoms with Crippen LogP contribution in [0, 0.1) is 20.2 Å². The number of fused-ring (bicyclic) bond motifs is 1. The van der Waals surface area contributed by atoms with Gasteiger partial charge in [-0.05, 0) is 11.6 Å². The third-order valence-electron chi connectivity index (χ3n) is 4.14. The molecule has 0 unspecified atom stereocenters. The Morgan fingerprint density at radius 3 is 2.38 bits per heavy atom. The van der Waals surface area contributed by atoms with E-state index in [0.29, 0.717) is 5.56 Å². The monoisotopic (exact) mass is 325 g/mol. The first kappa shape index (κ1) is 15.7. The SMILES string of the molecule is Cn1cc([C@@H](C[N+](=O)[O-])c2ccccc2[N+](=O)[O-])c2ccccc21. The first-order chi connectivity index (χ1) is 11.5. The van der Waals surface area contributed by atoms with Gasteiger partial charge in [0.25, 0.3) is 5.69 Å². The van der Waals surface area contributed by atoms with E-state index in [1.54, 1.807) is 18.2 Å². The largest absolute Gasteiger partial charge is 0.350 e. The van der Waals surface area contributed by atoms with Crippen molar-refractivity contribution in [2.24, 2.45) is 7.05 Å². The number of benzene rings is 2. The average Bonchev–Trinajstić information content (AvgIpc) is 2.90. The number of nitrogens with zero attached hydrogens (tertiary/aromatic N) is 3. The van der Waals surface area contributed by atoms with Crippen molar-refractivity contribution in [3.05, 3.63) is 86.1 Å². The second-order valence-corrected chi connectivity index (χ2v) is 5.60. The van der Waals surface area contributed by atoms with Crippen LogP contribution in [0.5, 0.6) is 0 Å². The highest BCUT2D eigenvalue weighted by Crippen LogP contribution is 2.36. The molecule has 0 fully saturated rings. The summed E-state index contributed by atoms with van der Waals surface area (Å²) in [6.07, 6.45) is 1.82. The molecule has 0 aliphatic carbocycles. The summed E-state index contributed by atoms with van der Waals surface area (Å²) in [6, 6.07) is 13.7. The zero-order chi connectivity index (χ0) is 17.3. The number of nitro benzene ring substituents is 1. The first-order valence-corrected chi connectivity index (χ1v) is 7.38. The molecule has 1 heterocycles. The summed E-state index contributed by atoms with van der Waals surface area (Å²) in [4.78, 5) is 21.6. The van der Waals surface area contributed by atoms with Gasteiger partial charge in [-0.25, -0.2) is 0 Å². The van der Waals surface area contributed by atoms with Crippen LogP contribution in [-0.4, -0.2) is 21.0 Å². The van der Waals surface area contributed by atoms with Crippen molar-refractivity contribution in [3.63, 3.8) is 0 Å². The summed E-state index contributed by atoms with van der Waals surface area (Å²) in [7, 11) is 1.86. The van der Waals surface area contributed by atoms with Crippen LogP contribution in [0.4, 0.5) is 5.69 Å². The standard InChI is InChI=1S/C17H15N3O4/c1-18-10-14(12-6-2-4-8-16(12)18)15(11-19(21)22)13-7-3-5-9-17(13)20(23)24/h2-10,15H,11H2,1H3/t15-/m0/s1. The lowest BCUT2D eigenvalue weighted by molar-refractivity contribution is -0.482. The quantitative estimate of drug-likeness (QED) is 0.530. The molecule has 0 radical (unpaired) electrons. The minimum absolute atomic E-state index is 0.0997. The van der Waals surface area contributed by atoms with Crippen molar-refractivity contribution in [2.45, 2.75) is 5.92 Å². The molecule has 0 saturated carbocycles. The van der Waals surface area contributed by atoms with Gasteiger partial charge in [0.15, 0.2) is 0 Å². The molecular formula is C17H15N3O4. The maximum Gasteiger partial charge on any atom is 0.273 e. The highest BCUT2D eigenvalue weighted by molar-refractivity contribution is 5.85. The molecule has 122 valence electrons. The third-order valence-corrected chi connectivity index (χ3v) is 4.14. The Labute approximate surface area is 137 Å². The van der Waals surface area contributed by atoms with Crippen molar-refractivity contribution in [1.29, 1.82) is 0 Å². The summed E-state index contributed by atoms with van der Waals surface area (Å²) in [5.41, 5.74) is 1.91. The molecule has 0 N–H and O–H groups in total. The fraction of sp³-hybridized carbons (Fsp3) is 0.176. The van der Waals surface area contributed by atoms with E-state index in [4.69, 9.17) is 0 Å². The van der Waals surface area contributed by atoms with Crippen molar-refractivity contribution in [3.8, 4) is 0 Å². The second kappa shape index (κ2) is 6.11. The summed E-state index contributed by atoms with van der Waals surface area (Å²) < 4.78 is 1.88. The lowest BCUT2D eigenvalue weighted by Crippen LogP contribution is -2.15. The molecular weight excluding hydrogens is 310 g/mol. The minimum atomic E-state index is -0.687. The van der Waals surface area contributed by atoms with Crippen molar-refractivity contribution in [2.75, 3.05) is 6.54 Å². The Kier molecular flexibility index (Phi) is 3.99. The van der Waals surface area contributed by atoms with E-state index in [9.17, 15) is 20.2 Å². The molecule has 1 atom stereocenters. The van der Waals surface area contributed by atoms with Crippen molar-refractivity contribution < 1.29 is 9.85 Å². The van der Waals surface area contributed by atoms with Crippen LogP contribution in [0.15, 0.2) is 54.7 Å². The molecule has 7 heteroatoms. The van der Waals surface area contributed by atoms with E-state index >= 15 is 0 Å². The number of para-hydroxylation sites is 2. The second-order valence-electron chi connectivity index (χ2n) is 5.60. The van der Waals surface area contributed by atoms with E-state index in [1.807, 2.05) is 42.1 Å². The Bertz CT molecular complexity index is 932. The van der Waals surface area contributed by atoms with Crippen molar-refractivity contribution in [1.82, 2.24) is 4.57 Å². The van der Waals surface area contributed by atoms with Crippen LogP contribution in [0.2, 0.25) is 0 Å². The molecule has 7 nitrogen and oxygen atoms in total. The van der Waals surface area contributed by atoms with E-state index < -0.39 is 22.3 Å². The fourth-order valence-electron chi connectivity index (χ4n) is 3.11. The van der Waals surface area contributed by atoms with Crippen molar-refractivity contribution >= 4 is 16.6 Å². The van der Waals surface area contributed by atoms with Gasteiger partial charge in [-0.3, -0.25) is 20.2 Å². The zero-order valence-corrected chi connectivity index (χ0v) is 13.0. The van der Waals surface area contributed by atoms with Crippen LogP contribution < -0.4 is 0 Å². The number of hydrogen-bond donors (Lipinski definition) is 0. The van der Waals surface area contributed by atoms with Crippen LogP contribution in [0.1, 0.15) is 17.0 Å². The van der Waals surface area contributed by atoms with E-state index in [-0.39, 0.29) is 5.69 Å². The number of aryl methyl sites for hydroxylation is 1. The predicted molar refractivity (Wildman–Crippen MR) is 89.7 cm³/mol.